The van der Waals surface area contributed by atoms with Crippen LogP contribution in [-0.4, -0.2) is 26.5 Å². The highest BCUT2D eigenvalue weighted by Gasteiger charge is 2.13. The first-order chi connectivity index (χ1) is 11.7. The van der Waals surface area contributed by atoms with E-state index in [0.29, 0.717) is 34.8 Å². The first-order valence-electron chi connectivity index (χ1n) is 8.03. The predicted octanol–water partition coefficient (Wildman–Crippen LogP) is 3.31. The lowest BCUT2D eigenvalue weighted by Gasteiger charge is -2.14. The summed E-state index contributed by atoms with van der Waals surface area (Å²) in [6, 6.07) is 17.3. The third kappa shape index (κ3) is 3.68. The Morgan fingerprint density at radius 2 is 1.83 bits per heavy atom. The summed E-state index contributed by atoms with van der Waals surface area (Å²) in [6.07, 6.45) is 0.285. The second kappa shape index (κ2) is 7.64. The molecule has 1 heterocycles. The summed E-state index contributed by atoms with van der Waals surface area (Å²) in [5.74, 6) is 0.524. The van der Waals surface area contributed by atoms with E-state index < -0.39 is 6.10 Å². The fourth-order valence-electron chi connectivity index (χ4n) is 2.45. The first kappa shape index (κ1) is 16.7. The largest absolute Gasteiger partial charge is 0.392 e. The van der Waals surface area contributed by atoms with Gasteiger partial charge < -0.3 is 5.11 Å². The number of thioether (sulfide) groups is 1. The average Bonchev–Trinajstić information content (AvgIpc) is 2.63. The minimum absolute atomic E-state index is 0.0436. The number of rotatable bonds is 6. The molecule has 0 spiro atoms. The van der Waals surface area contributed by atoms with Gasteiger partial charge in [-0.2, -0.15) is 0 Å². The van der Waals surface area contributed by atoms with Crippen LogP contribution in [0.1, 0.15) is 18.9 Å². The number of aromatic nitrogens is 2. The van der Waals surface area contributed by atoms with E-state index in [9.17, 15) is 9.90 Å². The molecule has 0 amide bonds. The highest BCUT2D eigenvalue weighted by Crippen LogP contribution is 2.20. The van der Waals surface area contributed by atoms with Crippen molar-refractivity contribution in [2.24, 2.45) is 0 Å². The van der Waals surface area contributed by atoms with Crippen LogP contribution in [0.25, 0.3) is 10.9 Å². The van der Waals surface area contributed by atoms with Gasteiger partial charge in [-0.05, 0) is 24.1 Å². The third-order valence-electron chi connectivity index (χ3n) is 3.89. The standard InChI is InChI=1S/C19H20N2O2S/c1-2-15(22)13-24-19-20-17-11-7-6-10-16(17)18(23)21(19)12-14-8-4-3-5-9-14/h3-11,15,22H,2,12-13H2,1H3. The summed E-state index contributed by atoms with van der Waals surface area (Å²) < 4.78 is 1.70. The normalized spacial score (nSPS) is 12.4. The van der Waals surface area contributed by atoms with Crippen molar-refractivity contribution in [3.8, 4) is 0 Å². The smallest absolute Gasteiger partial charge is 0.262 e. The van der Waals surface area contributed by atoms with Crippen LogP contribution in [0.15, 0.2) is 64.5 Å². The van der Waals surface area contributed by atoms with Gasteiger partial charge in [0.15, 0.2) is 5.16 Å². The Morgan fingerprint density at radius 1 is 1.12 bits per heavy atom. The summed E-state index contributed by atoms with van der Waals surface area (Å²) in [7, 11) is 0. The van der Waals surface area contributed by atoms with Crippen molar-refractivity contribution in [2.75, 3.05) is 5.75 Å². The number of aliphatic hydroxyl groups excluding tert-OH is 1. The predicted molar refractivity (Wildman–Crippen MR) is 98.6 cm³/mol. The molecular weight excluding hydrogens is 320 g/mol. The van der Waals surface area contributed by atoms with E-state index in [-0.39, 0.29) is 5.56 Å². The van der Waals surface area contributed by atoms with E-state index in [2.05, 4.69) is 4.98 Å². The van der Waals surface area contributed by atoms with Gasteiger partial charge in [0.25, 0.3) is 5.56 Å². The van der Waals surface area contributed by atoms with E-state index in [1.807, 2.05) is 61.5 Å². The molecule has 0 saturated carbocycles. The molecule has 1 aromatic heterocycles. The van der Waals surface area contributed by atoms with Gasteiger partial charge in [-0.15, -0.1) is 0 Å². The zero-order valence-electron chi connectivity index (χ0n) is 13.6. The van der Waals surface area contributed by atoms with Gasteiger partial charge in [0, 0.05) is 5.75 Å². The van der Waals surface area contributed by atoms with Crippen molar-refractivity contribution in [1.29, 1.82) is 0 Å². The highest BCUT2D eigenvalue weighted by molar-refractivity contribution is 7.99. The van der Waals surface area contributed by atoms with Gasteiger partial charge >= 0.3 is 0 Å². The molecule has 0 radical (unpaired) electrons. The molecule has 4 nitrogen and oxygen atoms in total. The van der Waals surface area contributed by atoms with Gasteiger partial charge in [0.1, 0.15) is 0 Å². The van der Waals surface area contributed by atoms with E-state index in [1.54, 1.807) is 4.57 Å². The van der Waals surface area contributed by atoms with Gasteiger partial charge in [0.2, 0.25) is 0 Å². The Kier molecular flexibility index (Phi) is 5.33. The lowest BCUT2D eigenvalue weighted by atomic mass is 10.2. The van der Waals surface area contributed by atoms with Gasteiger partial charge in [-0.3, -0.25) is 9.36 Å². The monoisotopic (exact) mass is 340 g/mol. The SMILES string of the molecule is CCC(O)CSc1nc2ccccc2c(=O)n1Cc1ccccc1. The zero-order chi connectivity index (χ0) is 16.9. The van der Waals surface area contributed by atoms with Gasteiger partial charge in [-0.25, -0.2) is 4.98 Å². The number of hydrogen-bond donors (Lipinski definition) is 1. The summed E-state index contributed by atoms with van der Waals surface area (Å²) in [5, 5.41) is 11.1. The van der Waals surface area contributed by atoms with Crippen LogP contribution in [0.2, 0.25) is 0 Å². The maximum atomic E-state index is 12.9. The third-order valence-corrected chi connectivity index (χ3v) is 5.01. The zero-order valence-corrected chi connectivity index (χ0v) is 14.4. The molecule has 124 valence electrons. The molecule has 1 unspecified atom stereocenters. The molecule has 0 aliphatic heterocycles. The lowest BCUT2D eigenvalue weighted by molar-refractivity contribution is 0.195. The number of nitrogens with zero attached hydrogens (tertiary/aromatic N) is 2. The fraction of sp³-hybridized carbons (Fsp3) is 0.263. The molecule has 3 aromatic rings. The van der Waals surface area contributed by atoms with Crippen molar-refractivity contribution in [1.82, 2.24) is 9.55 Å². The number of benzene rings is 2. The summed E-state index contributed by atoms with van der Waals surface area (Å²) in [6.45, 7) is 2.41. The molecule has 2 aromatic carbocycles. The fourth-order valence-corrected chi connectivity index (χ4v) is 3.50. The maximum Gasteiger partial charge on any atom is 0.262 e. The minimum Gasteiger partial charge on any atom is -0.392 e. The summed E-state index contributed by atoms with van der Waals surface area (Å²) in [5.41, 5.74) is 1.70. The van der Waals surface area contributed by atoms with Crippen molar-refractivity contribution in [3.63, 3.8) is 0 Å². The van der Waals surface area contributed by atoms with E-state index in [1.165, 1.54) is 11.8 Å². The molecule has 0 bridgehead atoms. The molecule has 0 fully saturated rings. The van der Waals surface area contributed by atoms with Crippen LogP contribution in [0.5, 0.6) is 0 Å². The van der Waals surface area contributed by atoms with Crippen LogP contribution >= 0.6 is 11.8 Å². The Hall–Kier alpha value is -2.11. The van der Waals surface area contributed by atoms with E-state index in [0.717, 1.165) is 5.56 Å². The first-order valence-corrected chi connectivity index (χ1v) is 9.02. The van der Waals surface area contributed by atoms with Crippen LogP contribution in [-0.2, 0) is 6.54 Å². The Bertz CT molecular complexity index is 877. The number of para-hydroxylation sites is 1. The topological polar surface area (TPSA) is 55.1 Å². The maximum absolute atomic E-state index is 12.9. The van der Waals surface area contributed by atoms with E-state index >= 15 is 0 Å². The molecule has 24 heavy (non-hydrogen) atoms. The molecule has 0 aliphatic carbocycles. The number of fused-ring (bicyclic) bond motifs is 1. The van der Waals surface area contributed by atoms with Gasteiger partial charge in [-0.1, -0.05) is 61.2 Å². The minimum atomic E-state index is -0.399. The molecule has 0 saturated heterocycles. The van der Waals surface area contributed by atoms with Crippen molar-refractivity contribution < 1.29 is 5.11 Å². The van der Waals surface area contributed by atoms with Gasteiger partial charge in [0.05, 0.1) is 23.6 Å². The quantitative estimate of drug-likeness (QED) is 0.552. The van der Waals surface area contributed by atoms with Crippen LogP contribution in [0.4, 0.5) is 0 Å². The van der Waals surface area contributed by atoms with Crippen LogP contribution in [0.3, 0.4) is 0 Å². The number of aliphatic hydroxyl groups is 1. The molecule has 0 aliphatic rings. The van der Waals surface area contributed by atoms with E-state index in [4.69, 9.17) is 0 Å². The Morgan fingerprint density at radius 3 is 2.58 bits per heavy atom. The number of hydrogen-bond acceptors (Lipinski definition) is 4. The second-order valence-corrected chi connectivity index (χ2v) is 6.65. The van der Waals surface area contributed by atoms with Crippen LogP contribution < -0.4 is 5.56 Å². The van der Waals surface area contributed by atoms with Crippen molar-refractivity contribution >= 4 is 22.7 Å². The molecule has 3 rings (SSSR count). The Balaban J connectivity index is 2.05. The summed E-state index contributed by atoms with van der Waals surface area (Å²) in [4.78, 5) is 17.6. The molecule has 1 N–H and O–H groups in total. The van der Waals surface area contributed by atoms with Crippen molar-refractivity contribution in [2.45, 2.75) is 31.1 Å². The molecular formula is C19H20N2O2S. The van der Waals surface area contributed by atoms with Crippen molar-refractivity contribution in [3.05, 3.63) is 70.5 Å². The summed E-state index contributed by atoms with van der Waals surface area (Å²) >= 11 is 1.43. The molecule has 5 heteroatoms. The highest BCUT2D eigenvalue weighted by atomic mass is 32.2. The lowest BCUT2D eigenvalue weighted by Crippen LogP contribution is -2.24. The Labute approximate surface area is 145 Å². The van der Waals surface area contributed by atoms with Crippen LogP contribution in [0, 0.1) is 0 Å². The molecule has 1 atom stereocenters. The average molecular weight is 340 g/mol. The second-order valence-electron chi connectivity index (χ2n) is 5.66.